The topological polar surface area (TPSA) is 147 Å². The number of halogens is 2. The molecule has 2 heterocycles. The molecule has 0 bridgehead atoms. The van der Waals surface area contributed by atoms with Gasteiger partial charge in [-0.2, -0.15) is 8.78 Å². The van der Waals surface area contributed by atoms with Gasteiger partial charge in [0.15, 0.2) is 11.5 Å². The lowest BCUT2D eigenvalue weighted by Gasteiger charge is -2.14. The van der Waals surface area contributed by atoms with Crippen LogP contribution in [-0.4, -0.2) is 58.5 Å². The highest BCUT2D eigenvalue weighted by Crippen LogP contribution is 2.33. The van der Waals surface area contributed by atoms with E-state index in [2.05, 4.69) is 14.7 Å². The summed E-state index contributed by atoms with van der Waals surface area (Å²) >= 11 is 0. The van der Waals surface area contributed by atoms with Crippen LogP contribution in [0.5, 0.6) is 17.2 Å². The van der Waals surface area contributed by atoms with Gasteiger partial charge < -0.3 is 19.3 Å². The average Bonchev–Trinajstić information content (AvgIpc) is 3.28. The third-order valence-corrected chi connectivity index (χ3v) is 8.75. The molecule has 1 unspecified atom stereocenters. The second-order valence-electron chi connectivity index (χ2n) is 7.96. The third kappa shape index (κ3) is 5.40. The first-order chi connectivity index (χ1) is 18.5. The third-order valence-electron chi connectivity index (χ3n) is 5.57. The lowest BCUT2D eigenvalue weighted by molar-refractivity contribution is -0.0497. The second-order valence-corrected chi connectivity index (χ2v) is 11.1. The number of carboxylic acid groups (broad SMARTS) is 1. The summed E-state index contributed by atoms with van der Waals surface area (Å²) in [4.78, 5) is 19.5. The van der Waals surface area contributed by atoms with Crippen LogP contribution in [-0.2, 0) is 26.6 Å². The number of ether oxygens (including phenoxy) is 3. The van der Waals surface area contributed by atoms with Crippen molar-refractivity contribution < 1.29 is 45.5 Å². The lowest BCUT2D eigenvalue weighted by atomic mass is 10.1. The van der Waals surface area contributed by atoms with Gasteiger partial charge in [-0.15, -0.1) is 0 Å². The predicted molar refractivity (Wildman–Crippen MR) is 135 cm³/mol. The standard InChI is InChI=1S/C24H21F2N3O8S2/c1-13-4-5-14(22(30)31)10-20(13)39(33,34)29-18-7-6-15(37-23(25)26)11-16(18)28-24(29)38(32)12-17-21(36-3)19(35-2)8-9-27-17/h4-11,23H,12H2,1-3H3,(H,30,31). The zero-order valence-electron chi connectivity index (χ0n) is 20.6. The molecule has 15 heteroatoms. The number of carbonyl (C=O) groups is 1. The fraction of sp³-hybridized carbons (Fsp3) is 0.208. The Balaban J connectivity index is 1.94. The number of methoxy groups -OCH3 is 2. The van der Waals surface area contributed by atoms with Crippen molar-refractivity contribution in [2.75, 3.05) is 14.2 Å². The second kappa shape index (κ2) is 10.9. The molecule has 4 aromatic rings. The van der Waals surface area contributed by atoms with Crippen LogP contribution in [0.2, 0.25) is 0 Å². The maximum atomic E-state index is 14.0. The summed E-state index contributed by atoms with van der Waals surface area (Å²) in [6.45, 7) is -1.68. The summed E-state index contributed by atoms with van der Waals surface area (Å²) in [5, 5.41) is 8.95. The number of hydrogen-bond acceptors (Lipinski definition) is 9. The van der Waals surface area contributed by atoms with Gasteiger partial charge in [-0.05, 0) is 36.8 Å². The van der Waals surface area contributed by atoms with Gasteiger partial charge in [0.05, 0.1) is 58.0 Å². The van der Waals surface area contributed by atoms with Crippen molar-refractivity contribution in [2.24, 2.45) is 0 Å². The van der Waals surface area contributed by atoms with Crippen molar-refractivity contribution in [2.45, 2.75) is 29.3 Å². The van der Waals surface area contributed by atoms with E-state index >= 15 is 0 Å². The molecular formula is C24H21F2N3O8S2. The van der Waals surface area contributed by atoms with E-state index in [-0.39, 0.29) is 50.0 Å². The number of alkyl halides is 2. The Hall–Kier alpha value is -4.11. The zero-order chi connectivity index (χ0) is 28.5. The molecule has 1 N–H and O–H groups in total. The minimum absolute atomic E-state index is 0.0920. The van der Waals surface area contributed by atoms with Gasteiger partial charge in [-0.1, -0.05) is 6.07 Å². The first kappa shape index (κ1) is 27.9. The van der Waals surface area contributed by atoms with Crippen LogP contribution in [0.1, 0.15) is 21.6 Å². The van der Waals surface area contributed by atoms with Gasteiger partial charge in [0.25, 0.3) is 10.0 Å². The highest BCUT2D eigenvalue weighted by atomic mass is 32.2. The molecule has 0 spiro atoms. The highest BCUT2D eigenvalue weighted by Gasteiger charge is 2.30. The predicted octanol–water partition coefficient (Wildman–Crippen LogP) is 3.60. The quantitative estimate of drug-likeness (QED) is 0.295. The largest absolute Gasteiger partial charge is 0.493 e. The fourth-order valence-electron chi connectivity index (χ4n) is 3.82. The molecule has 0 radical (unpaired) electrons. The van der Waals surface area contributed by atoms with Gasteiger partial charge in [0.2, 0.25) is 5.16 Å². The molecule has 1 atom stereocenters. The molecule has 0 fully saturated rings. The molecule has 206 valence electrons. The molecule has 0 amide bonds. The summed E-state index contributed by atoms with van der Waals surface area (Å²) in [5.74, 6) is -1.52. The number of aromatic carboxylic acids is 1. The molecular weight excluding hydrogens is 560 g/mol. The van der Waals surface area contributed by atoms with Crippen LogP contribution in [0.25, 0.3) is 11.0 Å². The maximum absolute atomic E-state index is 14.0. The number of pyridine rings is 1. The Kier molecular flexibility index (Phi) is 7.83. The van der Waals surface area contributed by atoms with Crippen LogP contribution in [0.3, 0.4) is 0 Å². The van der Waals surface area contributed by atoms with E-state index in [4.69, 9.17) is 9.47 Å². The Bertz CT molecular complexity index is 1710. The molecule has 0 aliphatic carbocycles. The molecule has 0 aliphatic rings. The Morgan fingerprint density at radius 1 is 1.13 bits per heavy atom. The number of nitrogens with zero attached hydrogens (tertiary/aromatic N) is 3. The molecule has 0 saturated carbocycles. The molecule has 2 aromatic heterocycles. The van der Waals surface area contributed by atoms with E-state index in [1.807, 2.05) is 0 Å². The smallest absolute Gasteiger partial charge is 0.387 e. The normalized spacial score (nSPS) is 12.5. The van der Waals surface area contributed by atoms with E-state index in [1.54, 1.807) is 0 Å². The number of fused-ring (bicyclic) bond motifs is 1. The van der Waals surface area contributed by atoms with Gasteiger partial charge in [0, 0.05) is 18.3 Å². The van der Waals surface area contributed by atoms with E-state index in [9.17, 15) is 31.3 Å². The maximum Gasteiger partial charge on any atom is 0.387 e. The Morgan fingerprint density at radius 3 is 2.51 bits per heavy atom. The molecule has 4 rings (SSSR count). The fourth-order valence-corrected chi connectivity index (χ4v) is 7.04. The lowest BCUT2D eigenvalue weighted by Crippen LogP contribution is -2.19. The van der Waals surface area contributed by atoms with Gasteiger partial charge >= 0.3 is 12.6 Å². The van der Waals surface area contributed by atoms with Crippen molar-refractivity contribution >= 4 is 37.8 Å². The van der Waals surface area contributed by atoms with Crippen molar-refractivity contribution in [3.05, 3.63) is 65.5 Å². The number of rotatable bonds is 10. The van der Waals surface area contributed by atoms with Crippen LogP contribution in [0.15, 0.2) is 58.7 Å². The van der Waals surface area contributed by atoms with E-state index < -0.39 is 38.6 Å². The van der Waals surface area contributed by atoms with Gasteiger partial charge in [-0.25, -0.2) is 22.2 Å². The van der Waals surface area contributed by atoms with E-state index in [0.29, 0.717) is 9.72 Å². The van der Waals surface area contributed by atoms with Crippen LogP contribution in [0.4, 0.5) is 8.78 Å². The zero-order valence-corrected chi connectivity index (χ0v) is 22.3. The Morgan fingerprint density at radius 2 is 1.87 bits per heavy atom. The minimum Gasteiger partial charge on any atom is -0.493 e. The SMILES string of the molecule is COc1ccnc(CS(=O)c2nc3cc(OC(F)F)ccc3n2S(=O)(=O)c2cc(C(=O)O)ccc2C)c1OC. The van der Waals surface area contributed by atoms with Crippen LogP contribution < -0.4 is 14.2 Å². The monoisotopic (exact) mass is 581 g/mol. The summed E-state index contributed by atoms with van der Waals surface area (Å²) in [6.07, 6.45) is 1.39. The van der Waals surface area contributed by atoms with Crippen molar-refractivity contribution in [1.29, 1.82) is 0 Å². The highest BCUT2D eigenvalue weighted by molar-refractivity contribution is 7.91. The summed E-state index contributed by atoms with van der Waals surface area (Å²) in [6, 6.07) is 8.45. The Labute approximate surface area is 223 Å². The van der Waals surface area contributed by atoms with Gasteiger partial charge in [-0.3, -0.25) is 9.19 Å². The van der Waals surface area contributed by atoms with Crippen molar-refractivity contribution in [1.82, 2.24) is 13.9 Å². The molecule has 0 saturated heterocycles. The molecule has 39 heavy (non-hydrogen) atoms. The summed E-state index contributed by atoms with van der Waals surface area (Å²) in [5.41, 5.74) is -0.0862. The number of aromatic nitrogens is 3. The van der Waals surface area contributed by atoms with Crippen molar-refractivity contribution in [3.63, 3.8) is 0 Å². The first-order valence-corrected chi connectivity index (χ1v) is 13.7. The summed E-state index contributed by atoms with van der Waals surface area (Å²) < 4.78 is 82.8. The average molecular weight is 582 g/mol. The van der Waals surface area contributed by atoms with Crippen molar-refractivity contribution in [3.8, 4) is 17.2 Å². The van der Waals surface area contributed by atoms with Crippen LogP contribution >= 0.6 is 0 Å². The van der Waals surface area contributed by atoms with E-state index in [0.717, 1.165) is 18.2 Å². The van der Waals surface area contributed by atoms with Gasteiger partial charge in [0.1, 0.15) is 5.75 Å². The molecule has 2 aromatic carbocycles. The number of benzene rings is 2. The minimum atomic E-state index is -4.61. The van der Waals surface area contributed by atoms with E-state index in [1.165, 1.54) is 51.6 Å². The number of carboxylic acids is 1. The molecule has 0 aliphatic heterocycles. The number of imidazole rings is 1. The molecule has 11 nitrogen and oxygen atoms in total. The van der Waals surface area contributed by atoms with Crippen LogP contribution in [0, 0.1) is 6.92 Å². The number of aryl methyl sites for hydroxylation is 1. The number of hydrogen-bond donors (Lipinski definition) is 1. The summed E-state index contributed by atoms with van der Waals surface area (Å²) in [7, 11) is -4.04. The first-order valence-electron chi connectivity index (χ1n) is 11.0.